The van der Waals surface area contributed by atoms with Crippen molar-refractivity contribution >= 4 is 17.6 Å². The number of hydrogen-bond donors (Lipinski definition) is 1. The predicted octanol–water partition coefficient (Wildman–Crippen LogP) is 2.72. The van der Waals surface area contributed by atoms with Gasteiger partial charge < -0.3 is 19.5 Å². The van der Waals surface area contributed by atoms with Crippen molar-refractivity contribution in [3.8, 4) is 0 Å². The molecule has 3 rings (SSSR count). The van der Waals surface area contributed by atoms with E-state index in [4.69, 9.17) is 14.2 Å². The van der Waals surface area contributed by atoms with Crippen molar-refractivity contribution in [3.05, 3.63) is 62.5 Å². The molecule has 0 spiro atoms. The Morgan fingerprint density at radius 1 is 1.23 bits per heavy atom. The second kappa shape index (κ2) is 9.08. The van der Waals surface area contributed by atoms with Gasteiger partial charge in [0, 0.05) is 30.1 Å². The van der Waals surface area contributed by atoms with E-state index in [1.165, 1.54) is 25.3 Å². The summed E-state index contributed by atoms with van der Waals surface area (Å²) < 4.78 is 15.9. The van der Waals surface area contributed by atoms with Gasteiger partial charge in [-0.15, -0.1) is 0 Å². The van der Waals surface area contributed by atoms with Gasteiger partial charge in [-0.2, -0.15) is 0 Å². The van der Waals surface area contributed by atoms with Crippen LogP contribution in [0.2, 0.25) is 0 Å². The Labute approximate surface area is 173 Å². The second-order valence-electron chi connectivity index (χ2n) is 7.21. The third-order valence-electron chi connectivity index (χ3n) is 5.22. The number of nitrogens with zero attached hydrogens (tertiary/aromatic N) is 1. The highest BCUT2D eigenvalue weighted by Crippen LogP contribution is 2.40. The predicted molar refractivity (Wildman–Crippen MR) is 106 cm³/mol. The standard InChI is InChI=1S/C21H24N2O7/c1-12-17(20(24)28-3)19(14-6-4-7-15(10-14)23(26)27)18(13(2)22-12)21(25)30-11-16-8-5-9-29-16/h4,6-7,10,16,19,22H,5,8-9,11H2,1-3H3/t16-,19+/m1/s1. The first-order valence-electron chi connectivity index (χ1n) is 9.63. The molecule has 1 N–H and O–H groups in total. The van der Waals surface area contributed by atoms with Gasteiger partial charge in [0.2, 0.25) is 0 Å². The van der Waals surface area contributed by atoms with Crippen LogP contribution in [0.3, 0.4) is 0 Å². The van der Waals surface area contributed by atoms with Crippen molar-refractivity contribution in [1.29, 1.82) is 0 Å². The molecule has 0 aromatic heterocycles. The molecule has 0 amide bonds. The largest absolute Gasteiger partial charge is 0.466 e. The lowest BCUT2D eigenvalue weighted by Gasteiger charge is -2.30. The zero-order valence-electron chi connectivity index (χ0n) is 17.1. The van der Waals surface area contributed by atoms with Crippen molar-refractivity contribution in [3.63, 3.8) is 0 Å². The number of ether oxygens (including phenoxy) is 3. The smallest absolute Gasteiger partial charge is 0.336 e. The van der Waals surface area contributed by atoms with E-state index in [1.54, 1.807) is 19.9 Å². The number of nitro groups is 1. The second-order valence-corrected chi connectivity index (χ2v) is 7.21. The molecule has 2 atom stereocenters. The molecule has 1 saturated heterocycles. The van der Waals surface area contributed by atoms with Crippen LogP contribution in [-0.4, -0.2) is 43.3 Å². The number of non-ortho nitro benzene ring substituents is 1. The summed E-state index contributed by atoms with van der Waals surface area (Å²) in [5.41, 5.74) is 1.71. The van der Waals surface area contributed by atoms with E-state index in [-0.39, 0.29) is 29.5 Å². The van der Waals surface area contributed by atoms with Crippen LogP contribution >= 0.6 is 0 Å². The normalized spacial score (nSPS) is 21.3. The van der Waals surface area contributed by atoms with E-state index >= 15 is 0 Å². The summed E-state index contributed by atoms with van der Waals surface area (Å²) >= 11 is 0. The molecule has 2 aliphatic rings. The lowest BCUT2D eigenvalue weighted by molar-refractivity contribution is -0.384. The lowest BCUT2D eigenvalue weighted by atomic mass is 9.80. The van der Waals surface area contributed by atoms with Crippen molar-refractivity contribution in [2.45, 2.75) is 38.7 Å². The lowest BCUT2D eigenvalue weighted by Crippen LogP contribution is -2.33. The van der Waals surface area contributed by atoms with Crippen molar-refractivity contribution in [1.82, 2.24) is 5.32 Å². The molecule has 1 aromatic rings. The summed E-state index contributed by atoms with van der Waals surface area (Å²) in [6.07, 6.45) is 1.57. The maximum atomic E-state index is 13.0. The molecule has 160 valence electrons. The zero-order chi connectivity index (χ0) is 21.8. The number of allylic oxidation sites excluding steroid dienone is 2. The van der Waals surface area contributed by atoms with Crippen molar-refractivity contribution in [2.24, 2.45) is 0 Å². The minimum absolute atomic E-state index is 0.105. The van der Waals surface area contributed by atoms with Gasteiger partial charge in [0.1, 0.15) is 6.61 Å². The summed E-state index contributed by atoms with van der Waals surface area (Å²) in [7, 11) is 1.24. The van der Waals surface area contributed by atoms with Gasteiger partial charge in [0.25, 0.3) is 5.69 Å². The van der Waals surface area contributed by atoms with E-state index in [0.717, 1.165) is 12.8 Å². The molecule has 1 fully saturated rings. The number of hydrogen-bond acceptors (Lipinski definition) is 8. The Hall–Kier alpha value is -3.20. The number of nitrogens with one attached hydrogen (secondary N) is 1. The van der Waals surface area contributed by atoms with Crippen LogP contribution in [0.5, 0.6) is 0 Å². The van der Waals surface area contributed by atoms with Gasteiger partial charge in [-0.05, 0) is 32.3 Å². The molecule has 0 radical (unpaired) electrons. The quantitative estimate of drug-likeness (QED) is 0.427. The molecule has 0 unspecified atom stereocenters. The highest BCUT2D eigenvalue weighted by molar-refractivity contribution is 5.99. The zero-order valence-corrected chi connectivity index (χ0v) is 17.1. The minimum atomic E-state index is -0.865. The van der Waals surface area contributed by atoms with E-state index in [1.807, 2.05) is 0 Å². The van der Waals surface area contributed by atoms with Gasteiger partial charge >= 0.3 is 11.9 Å². The highest BCUT2D eigenvalue weighted by atomic mass is 16.6. The van der Waals surface area contributed by atoms with Crippen LogP contribution < -0.4 is 5.32 Å². The molecule has 9 nitrogen and oxygen atoms in total. The number of rotatable bonds is 6. The summed E-state index contributed by atoms with van der Waals surface area (Å²) in [6, 6.07) is 5.86. The molecular weight excluding hydrogens is 392 g/mol. The molecular formula is C21H24N2O7. The van der Waals surface area contributed by atoms with E-state index in [2.05, 4.69) is 5.32 Å². The van der Waals surface area contributed by atoms with Crippen molar-refractivity contribution in [2.75, 3.05) is 20.3 Å². The molecule has 2 aliphatic heterocycles. The number of carbonyl (C=O) groups is 2. The average Bonchev–Trinajstić information content (AvgIpc) is 3.24. The number of dihydropyridines is 1. The molecule has 30 heavy (non-hydrogen) atoms. The third-order valence-corrected chi connectivity index (χ3v) is 5.22. The maximum absolute atomic E-state index is 13.0. The first-order valence-corrected chi connectivity index (χ1v) is 9.63. The topological polar surface area (TPSA) is 117 Å². The van der Waals surface area contributed by atoms with Crippen LogP contribution in [-0.2, 0) is 23.8 Å². The number of esters is 2. The Kier molecular flexibility index (Phi) is 6.51. The molecule has 2 heterocycles. The fourth-order valence-corrected chi connectivity index (χ4v) is 3.82. The number of nitro benzene ring substituents is 1. The van der Waals surface area contributed by atoms with Crippen LogP contribution in [0.4, 0.5) is 5.69 Å². The van der Waals surface area contributed by atoms with Gasteiger partial charge in [0.15, 0.2) is 0 Å². The monoisotopic (exact) mass is 416 g/mol. The molecule has 0 saturated carbocycles. The van der Waals surface area contributed by atoms with Gasteiger partial charge in [-0.25, -0.2) is 9.59 Å². The number of methoxy groups -OCH3 is 1. The minimum Gasteiger partial charge on any atom is -0.466 e. The Morgan fingerprint density at radius 3 is 2.53 bits per heavy atom. The number of benzene rings is 1. The number of carbonyl (C=O) groups excluding carboxylic acids is 2. The van der Waals surface area contributed by atoms with Crippen molar-refractivity contribution < 1.29 is 28.7 Å². The SMILES string of the molecule is COC(=O)C1=C(C)NC(C)=C(C(=O)OC[C@H]2CCCO2)[C@H]1c1cccc([N+](=O)[O-])c1. The first kappa shape index (κ1) is 21.5. The average molecular weight is 416 g/mol. The van der Waals surface area contributed by atoms with Crippen LogP contribution in [0, 0.1) is 10.1 Å². The Bertz CT molecular complexity index is 929. The summed E-state index contributed by atoms with van der Waals surface area (Å²) in [6.45, 7) is 4.13. The third kappa shape index (κ3) is 4.35. The van der Waals surface area contributed by atoms with E-state index in [9.17, 15) is 19.7 Å². The van der Waals surface area contributed by atoms with Gasteiger partial charge in [-0.1, -0.05) is 12.1 Å². The molecule has 1 aromatic carbocycles. The summed E-state index contributed by atoms with van der Waals surface area (Å²) in [5, 5.41) is 14.3. The first-order chi connectivity index (χ1) is 14.3. The van der Waals surface area contributed by atoms with E-state index in [0.29, 0.717) is 23.6 Å². The Balaban J connectivity index is 2.02. The maximum Gasteiger partial charge on any atom is 0.336 e. The van der Waals surface area contributed by atoms with Gasteiger partial charge in [0.05, 0.1) is 35.2 Å². The molecule has 9 heteroatoms. The van der Waals surface area contributed by atoms with E-state index < -0.39 is 22.8 Å². The molecule has 0 bridgehead atoms. The fraction of sp³-hybridized carbons (Fsp3) is 0.429. The van der Waals surface area contributed by atoms with Crippen LogP contribution in [0.15, 0.2) is 46.8 Å². The van der Waals surface area contributed by atoms with Crippen LogP contribution in [0.1, 0.15) is 38.2 Å². The van der Waals surface area contributed by atoms with Crippen LogP contribution in [0.25, 0.3) is 0 Å². The Morgan fingerprint density at radius 2 is 1.93 bits per heavy atom. The highest BCUT2D eigenvalue weighted by Gasteiger charge is 2.38. The fourth-order valence-electron chi connectivity index (χ4n) is 3.82. The summed E-state index contributed by atoms with van der Waals surface area (Å²) in [5.74, 6) is -2.11. The molecule has 0 aliphatic carbocycles. The summed E-state index contributed by atoms with van der Waals surface area (Å²) in [4.78, 5) is 36.4. The van der Waals surface area contributed by atoms with Gasteiger partial charge in [-0.3, -0.25) is 10.1 Å².